The highest BCUT2D eigenvalue weighted by Crippen LogP contribution is 2.47. The van der Waals surface area contributed by atoms with Crippen molar-refractivity contribution < 1.29 is 0 Å². The van der Waals surface area contributed by atoms with Gasteiger partial charge in [0.2, 0.25) is 0 Å². The highest BCUT2D eigenvalue weighted by molar-refractivity contribution is 7.31. The summed E-state index contributed by atoms with van der Waals surface area (Å²) in [6.07, 6.45) is 29.3. The molecule has 18 heterocycles. The minimum absolute atomic E-state index is 0.101. The molecule has 0 aromatic carbocycles. The van der Waals surface area contributed by atoms with Crippen LogP contribution < -0.4 is 25.3 Å². The number of aromatic nitrogens is 18. The van der Waals surface area contributed by atoms with Crippen LogP contribution in [0.2, 0.25) is 0 Å². The first-order valence-electron chi connectivity index (χ1n) is 31.1. The van der Waals surface area contributed by atoms with Crippen LogP contribution >= 0.6 is 68.0 Å². The fraction of sp³-hybridized carbons (Fsp3) is 0.381. The summed E-state index contributed by atoms with van der Waals surface area (Å²) in [7, 11) is 6.54. The zero-order valence-electron chi connectivity index (χ0n) is 52.3. The molecule has 0 bridgehead atoms. The van der Waals surface area contributed by atoms with Gasteiger partial charge in [-0.05, 0) is 112 Å². The number of aromatic amines is 5. The monoisotopic (exact) mass is 1350 g/mol. The molecular weight excluding hydrogens is 1290 g/mol. The Hall–Kier alpha value is -8.07. The Labute approximate surface area is 558 Å². The standard InChI is InChI=1S/C22H22N8S2.C21H26N8S2.C20H20N8S2/c1-29-6-3-22(4-7-29)11-30(12-22)21-28-20-19(32-21)27-18(31-20)17-16-14(2-5-23-16)15(10-24-17)13-8-25-26-9-13;1-20(2)6-14(7-21(3,4)28-20)29(5)19-27-18-17(31-19)26-16(30-18)13-8-22-15(23-9-13)12-10-24-25-11-12;1-28(12-2-5-21-6-3-12)20-27-19-18(30-20)26-17(29-19)16-15-13(4-7-22-15)14(10-23-16)11-8-24-25-9-11/h2,5,8-10,23H,3-4,6-7,11-12H2,1H3,(H,25,26);8-11,14,28H,6-7H2,1-5H3,(H,24,25);4,7-10,12,21-22H,2-3,5-6H2,1H3,(H,24,25). The third-order valence-electron chi connectivity index (χ3n) is 18.3. The van der Waals surface area contributed by atoms with Gasteiger partial charge in [-0.2, -0.15) is 15.3 Å². The van der Waals surface area contributed by atoms with E-state index in [4.69, 9.17) is 39.9 Å². The van der Waals surface area contributed by atoms with Crippen LogP contribution in [-0.2, 0) is 0 Å². The molecule has 18 rings (SSSR count). The zero-order valence-corrected chi connectivity index (χ0v) is 57.2. The molecule has 0 atom stereocenters. The molecule has 7 N–H and O–H groups in total. The summed E-state index contributed by atoms with van der Waals surface area (Å²) in [6, 6.07) is 5.14. The van der Waals surface area contributed by atoms with Gasteiger partial charge in [-0.15, -0.1) is 0 Å². The maximum atomic E-state index is 4.94. The van der Waals surface area contributed by atoms with E-state index in [2.05, 4.69) is 142 Å². The van der Waals surface area contributed by atoms with Crippen molar-refractivity contribution in [2.75, 3.05) is 75.1 Å². The lowest BCUT2D eigenvalue weighted by Gasteiger charge is -2.53. The van der Waals surface area contributed by atoms with Crippen molar-refractivity contribution in [2.45, 2.75) is 89.4 Å². The molecular formula is C63H68N24S6. The summed E-state index contributed by atoms with van der Waals surface area (Å²) >= 11 is 9.85. The average Bonchev–Trinajstić information content (AvgIpc) is 1.71. The second-order valence-corrected chi connectivity index (χ2v) is 31.8. The van der Waals surface area contributed by atoms with Gasteiger partial charge in [0.1, 0.15) is 26.4 Å². The van der Waals surface area contributed by atoms with E-state index in [1.807, 2.05) is 62.0 Å². The fourth-order valence-electron chi connectivity index (χ4n) is 13.7. The number of thiazole rings is 6. The van der Waals surface area contributed by atoms with Crippen LogP contribution in [0.3, 0.4) is 0 Å². The molecule has 14 aromatic rings. The second kappa shape index (κ2) is 24.0. The van der Waals surface area contributed by atoms with Crippen molar-refractivity contribution >= 4 is 134 Å². The van der Waals surface area contributed by atoms with Crippen LogP contribution in [0.25, 0.3) is 116 Å². The molecule has 0 amide bonds. The molecule has 14 aromatic heterocycles. The van der Waals surface area contributed by atoms with Crippen LogP contribution in [0.1, 0.15) is 66.2 Å². The van der Waals surface area contributed by atoms with Crippen molar-refractivity contribution in [2.24, 2.45) is 5.41 Å². The lowest BCUT2D eigenvalue weighted by Crippen LogP contribution is -2.61. The highest BCUT2D eigenvalue weighted by atomic mass is 32.1. The minimum atomic E-state index is 0.101. The lowest BCUT2D eigenvalue weighted by molar-refractivity contribution is 0.0906. The van der Waals surface area contributed by atoms with Gasteiger partial charge in [-0.1, -0.05) is 68.0 Å². The van der Waals surface area contributed by atoms with Crippen molar-refractivity contribution in [3.8, 4) is 65.6 Å². The Bertz CT molecular complexity index is 4770. The Kier molecular flexibility index (Phi) is 15.5. The third kappa shape index (κ3) is 11.8. The molecule has 4 aliphatic heterocycles. The molecule has 0 aliphatic carbocycles. The van der Waals surface area contributed by atoms with Crippen LogP contribution in [0.4, 0.5) is 15.4 Å². The summed E-state index contributed by atoms with van der Waals surface area (Å²) in [6.45, 7) is 16.0. The van der Waals surface area contributed by atoms with Gasteiger partial charge in [0.25, 0.3) is 0 Å². The van der Waals surface area contributed by atoms with Crippen LogP contribution in [0, 0.1) is 5.41 Å². The van der Waals surface area contributed by atoms with E-state index in [1.54, 1.807) is 80.4 Å². The number of nitrogens with zero attached hydrogens (tertiary/aromatic N) is 17. The summed E-state index contributed by atoms with van der Waals surface area (Å²) < 4.78 is 0. The summed E-state index contributed by atoms with van der Waals surface area (Å²) in [4.78, 5) is 69.9. The number of hydrogen-bond donors (Lipinski definition) is 7. The topological polar surface area (TPSA) is 284 Å². The Morgan fingerprint density at radius 1 is 0.516 bits per heavy atom. The maximum absolute atomic E-state index is 4.94. The molecule has 0 saturated carbocycles. The summed E-state index contributed by atoms with van der Waals surface area (Å²) in [5, 5.41) is 35.9. The predicted molar refractivity (Wildman–Crippen MR) is 378 cm³/mol. The molecule has 476 valence electrons. The van der Waals surface area contributed by atoms with Gasteiger partial charge in [0.05, 0.1) is 35.2 Å². The molecule has 4 aliphatic rings. The number of anilines is 3. The molecule has 1 spiro atoms. The Morgan fingerprint density at radius 3 is 1.52 bits per heavy atom. The number of rotatable bonds is 11. The molecule has 24 nitrogen and oxygen atoms in total. The molecule has 0 radical (unpaired) electrons. The van der Waals surface area contributed by atoms with Gasteiger partial charge in [-0.3, -0.25) is 25.3 Å². The lowest BCUT2D eigenvalue weighted by atomic mass is 9.72. The predicted octanol–water partition coefficient (Wildman–Crippen LogP) is 12.4. The largest absolute Gasteiger partial charge is 0.359 e. The van der Waals surface area contributed by atoms with E-state index in [0.29, 0.717) is 23.3 Å². The Morgan fingerprint density at radius 2 is 1.00 bits per heavy atom. The Balaban J connectivity index is 0.000000111. The second-order valence-electron chi connectivity index (χ2n) is 26.0. The number of pyridine rings is 2. The summed E-state index contributed by atoms with van der Waals surface area (Å²) in [5.74, 6) is 0.644. The number of nitrogens with one attached hydrogen (secondary N) is 7. The number of fused-ring (bicyclic) bond motifs is 5. The molecule has 0 unspecified atom stereocenters. The van der Waals surface area contributed by atoms with Crippen molar-refractivity contribution in [1.29, 1.82) is 0 Å². The number of hydrogen-bond acceptors (Lipinski definition) is 25. The van der Waals surface area contributed by atoms with Crippen molar-refractivity contribution in [3.63, 3.8) is 0 Å². The third-order valence-corrected chi connectivity index (χ3v) is 24.7. The minimum Gasteiger partial charge on any atom is -0.359 e. The van der Waals surface area contributed by atoms with Gasteiger partial charge >= 0.3 is 0 Å². The molecule has 30 heteroatoms. The SMILES string of the molecule is CN(c1nc2sc(-c3cnc(-c4cn[nH]c4)nc3)nc2s1)C1CC(C)(C)NC(C)(C)C1.CN(c1nc2sc(-c3ncc(-c4cn[nH]c4)c4cc[nH]c34)nc2s1)C1CCNCC1.CN1CCC2(CC1)CN(c1nc3sc(-c4ncc(-c5cn[nH]c5)c5cc[nH]c45)nc3s1)C2. The zero-order chi connectivity index (χ0) is 63.2. The maximum Gasteiger partial charge on any atom is 0.188 e. The van der Waals surface area contributed by atoms with Gasteiger partial charge in [0, 0.05) is 150 Å². The summed E-state index contributed by atoms with van der Waals surface area (Å²) in [5.41, 5.74) is 10.3. The fourth-order valence-corrected chi connectivity index (χ4v) is 19.8. The quantitative estimate of drug-likeness (QED) is 0.0633. The van der Waals surface area contributed by atoms with E-state index >= 15 is 0 Å². The van der Waals surface area contributed by atoms with Crippen molar-refractivity contribution in [3.05, 3.63) is 86.5 Å². The first kappa shape index (κ1) is 59.9. The van der Waals surface area contributed by atoms with Crippen LogP contribution in [-0.4, -0.2) is 179 Å². The molecule has 4 saturated heterocycles. The van der Waals surface area contributed by atoms with E-state index in [0.717, 1.165) is 178 Å². The normalized spacial score (nSPS) is 17.6. The smallest absolute Gasteiger partial charge is 0.188 e. The van der Waals surface area contributed by atoms with Gasteiger partial charge in [0.15, 0.2) is 50.2 Å². The number of H-pyrrole nitrogens is 5. The molecule has 93 heavy (non-hydrogen) atoms. The van der Waals surface area contributed by atoms with Crippen LogP contribution in [0.15, 0.2) is 86.5 Å². The first-order chi connectivity index (χ1) is 45.1. The van der Waals surface area contributed by atoms with E-state index in [-0.39, 0.29) is 11.1 Å². The van der Waals surface area contributed by atoms with E-state index < -0.39 is 0 Å². The first-order valence-corrected chi connectivity index (χ1v) is 36.0. The highest BCUT2D eigenvalue weighted by Gasteiger charge is 2.46. The van der Waals surface area contributed by atoms with Crippen LogP contribution in [0.5, 0.6) is 0 Å². The van der Waals surface area contributed by atoms with E-state index in [9.17, 15) is 0 Å². The molecule has 4 fully saturated rings. The number of piperidine rings is 3. The number of likely N-dealkylation sites (tertiary alicyclic amines) is 1. The van der Waals surface area contributed by atoms with Gasteiger partial charge in [-0.25, -0.2) is 39.9 Å². The average molecular weight is 1350 g/mol. The van der Waals surface area contributed by atoms with Crippen molar-refractivity contribution in [1.82, 2.24) is 106 Å². The van der Waals surface area contributed by atoms with Gasteiger partial charge < -0.3 is 40.2 Å². The van der Waals surface area contributed by atoms with E-state index in [1.165, 1.54) is 25.9 Å².